The molecule has 2 heterocycles. The van der Waals surface area contributed by atoms with Crippen molar-refractivity contribution in [3.05, 3.63) is 57.6 Å². The van der Waals surface area contributed by atoms with Crippen LogP contribution in [-0.2, 0) is 6.42 Å². The minimum Gasteiger partial charge on any atom is -0.324 e. The fraction of sp³-hybridized carbons (Fsp3) is 0.200. The molecule has 3 aromatic rings. The summed E-state index contributed by atoms with van der Waals surface area (Å²) in [6.07, 6.45) is 2.08. The molecular formula is C15H15NS2. The fourth-order valence-corrected chi connectivity index (χ4v) is 3.93. The van der Waals surface area contributed by atoms with Gasteiger partial charge in [0, 0.05) is 10.7 Å². The van der Waals surface area contributed by atoms with E-state index in [9.17, 15) is 0 Å². The molecule has 92 valence electrons. The number of nitrogens with two attached hydrogens (primary N) is 1. The van der Waals surface area contributed by atoms with Gasteiger partial charge in [-0.2, -0.15) is 11.3 Å². The van der Waals surface area contributed by atoms with Gasteiger partial charge >= 0.3 is 0 Å². The molecule has 0 radical (unpaired) electrons. The zero-order valence-electron chi connectivity index (χ0n) is 10.0. The van der Waals surface area contributed by atoms with E-state index in [0.717, 1.165) is 12.8 Å². The van der Waals surface area contributed by atoms with Gasteiger partial charge in [0.15, 0.2) is 0 Å². The van der Waals surface area contributed by atoms with Gasteiger partial charge < -0.3 is 5.73 Å². The van der Waals surface area contributed by atoms with Gasteiger partial charge in [0.2, 0.25) is 0 Å². The molecule has 1 nitrogen and oxygen atoms in total. The van der Waals surface area contributed by atoms with Gasteiger partial charge in [-0.15, -0.1) is 11.3 Å². The van der Waals surface area contributed by atoms with Gasteiger partial charge in [0.25, 0.3) is 0 Å². The molecular weight excluding hydrogens is 258 g/mol. The fourth-order valence-electron chi connectivity index (χ4n) is 2.20. The molecule has 18 heavy (non-hydrogen) atoms. The van der Waals surface area contributed by atoms with Crippen molar-refractivity contribution < 1.29 is 0 Å². The van der Waals surface area contributed by atoms with Crippen molar-refractivity contribution in [3.8, 4) is 0 Å². The quantitative estimate of drug-likeness (QED) is 0.739. The first-order valence-corrected chi connectivity index (χ1v) is 7.89. The molecule has 0 spiro atoms. The van der Waals surface area contributed by atoms with Crippen LogP contribution in [0.3, 0.4) is 0 Å². The molecule has 0 saturated heterocycles. The second kappa shape index (κ2) is 5.22. The van der Waals surface area contributed by atoms with Crippen molar-refractivity contribution in [2.45, 2.75) is 18.9 Å². The zero-order valence-corrected chi connectivity index (χ0v) is 11.6. The van der Waals surface area contributed by atoms with Gasteiger partial charge in [-0.3, -0.25) is 0 Å². The van der Waals surface area contributed by atoms with Crippen molar-refractivity contribution in [1.82, 2.24) is 0 Å². The Morgan fingerprint density at radius 1 is 1.11 bits per heavy atom. The Morgan fingerprint density at radius 3 is 2.83 bits per heavy atom. The van der Waals surface area contributed by atoms with Gasteiger partial charge in [0.1, 0.15) is 0 Å². The maximum Gasteiger partial charge on any atom is 0.0346 e. The van der Waals surface area contributed by atoms with Gasteiger partial charge in [-0.05, 0) is 57.6 Å². The van der Waals surface area contributed by atoms with Crippen LogP contribution in [0.25, 0.3) is 10.1 Å². The Morgan fingerprint density at radius 2 is 2.00 bits per heavy atom. The molecule has 1 aromatic carbocycles. The first-order valence-electron chi connectivity index (χ1n) is 6.07. The number of thiophene rings is 2. The molecule has 0 aliphatic rings. The summed E-state index contributed by atoms with van der Waals surface area (Å²) >= 11 is 3.54. The highest BCUT2D eigenvalue weighted by Crippen LogP contribution is 2.31. The van der Waals surface area contributed by atoms with Crippen molar-refractivity contribution in [2.75, 3.05) is 0 Å². The van der Waals surface area contributed by atoms with E-state index in [4.69, 9.17) is 5.73 Å². The van der Waals surface area contributed by atoms with E-state index in [0.29, 0.717) is 0 Å². The van der Waals surface area contributed by atoms with E-state index in [1.54, 1.807) is 22.7 Å². The average molecular weight is 273 g/mol. The van der Waals surface area contributed by atoms with Crippen LogP contribution < -0.4 is 5.73 Å². The summed E-state index contributed by atoms with van der Waals surface area (Å²) in [6.45, 7) is 0. The third-order valence-electron chi connectivity index (χ3n) is 3.23. The molecule has 3 rings (SSSR count). The standard InChI is InChI=1S/C15H15NS2/c16-14(6-5-11-7-8-17-9-11)13-10-18-15-4-2-1-3-12(13)15/h1-4,7-10,14H,5-6,16H2. The van der Waals surface area contributed by atoms with Crippen LogP contribution >= 0.6 is 22.7 Å². The number of benzene rings is 1. The van der Waals surface area contributed by atoms with Crippen LogP contribution in [0, 0.1) is 0 Å². The highest BCUT2D eigenvalue weighted by molar-refractivity contribution is 7.17. The number of hydrogen-bond acceptors (Lipinski definition) is 3. The molecule has 2 aromatic heterocycles. The van der Waals surface area contributed by atoms with Crippen LogP contribution in [0.4, 0.5) is 0 Å². The third-order valence-corrected chi connectivity index (χ3v) is 4.95. The van der Waals surface area contributed by atoms with Crippen molar-refractivity contribution in [3.63, 3.8) is 0 Å². The molecule has 0 bridgehead atoms. The van der Waals surface area contributed by atoms with Gasteiger partial charge in [0.05, 0.1) is 0 Å². The Hall–Kier alpha value is -1.16. The highest BCUT2D eigenvalue weighted by atomic mass is 32.1. The SMILES string of the molecule is NC(CCc1ccsc1)c1csc2ccccc12. The summed E-state index contributed by atoms with van der Waals surface area (Å²) in [5, 5.41) is 7.86. The lowest BCUT2D eigenvalue weighted by Crippen LogP contribution is -2.10. The molecule has 0 aliphatic heterocycles. The molecule has 3 heteroatoms. The Bertz CT molecular complexity index is 625. The first-order chi connectivity index (χ1) is 8.84. The monoisotopic (exact) mass is 273 g/mol. The summed E-state index contributed by atoms with van der Waals surface area (Å²) in [5.41, 5.74) is 9.03. The summed E-state index contributed by atoms with van der Waals surface area (Å²) < 4.78 is 1.33. The number of aryl methyl sites for hydroxylation is 1. The predicted octanol–water partition coefficient (Wildman–Crippen LogP) is 4.60. The van der Waals surface area contributed by atoms with E-state index >= 15 is 0 Å². The molecule has 0 aliphatic carbocycles. The smallest absolute Gasteiger partial charge is 0.0346 e. The van der Waals surface area contributed by atoms with E-state index < -0.39 is 0 Å². The van der Waals surface area contributed by atoms with Crippen LogP contribution in [0.5, 0.6) is 0 Å². The molecule has 2 N–H and O–H groups in total. The van der Waals surface area contributed by atoms with E-state index in [1.165, 1.54) is 21.2 Å². The highest BCUT2D eigenvalue weighted by Gasteiger charge is 2.11. The normalized spacial score (nSPS) is 12.9. The molecule has 0 amide bonds. The topological polar surface area (TPSA) is 26.0 Å². The second-order valence-electron chi connectivity index (χ2n) is 4.46. The van der Waals surface area contributed by atoms with Crippen LogP contribution in [0.2, 0.25) is 0 Å². The lowest BCUT2D eigenvalue weighted by atomic mass is 10.0. The Kier molecular flexibility index (Phi) is 3.46. The number of fused-ring (bicyclic) bond motifs is 1. The van der Waals surface area contributed by atoms with Crippen molar-refractivity contribution >= 4 is 32.8 Å². The lowest BCUT2D eigenvalue weighted by Gasteiger charge is -2.10. The minimum atomic E-state index is 0.140. The molecule has 1 atom stereocenters. The summed E-state index contributed by atoms with van der Waals surface area (Å²) in [6, 6.07) is 10.8. The van der Waals surface area contributed by atoms with Gasteiger partial charge in [-0.25, -0.2) is 0 Å². The predicted molar refractivity (Wildman–Crippen MR) is 81.4 cm³/mol. The summed E-state index contributed by atoms with van der Waals surface area (Å²) in [4.78, 5) is 0. The maximum absolute atomic E-state index is 6.33. The largest absolute Gasteiger partial charge is 0.324 e. The van der Waals surface area contributed by atoms with Crippen molar-refractivity contribution in [1.29, 1.82) is 0 Å². The molecule has 0 saturated carbocycles. The summed E-state index contributed by atoms with van der Waals surface area (Å²) in [5.74, 6) is 0. The molecule has 1 unspecified atom stereocenters. The Balaban J connectivity index is 1.77. The average Bonchev–Trinajstić information content (AvgIpc) is 3.05. The lowest BCUT2D eigenvalue weighted by molar-refractivity contribution is 0.658. The summed E-state index contributed by atoms with van der Waals surface area (Å²) in [7, 11) is 0. The van der Waals surface area contributed by atoms with Crippen LogP contribution in [0.15, 0.2) is 46.5 Å². The molecule has 0 fully saturated rings. The van der Waals surface area contributed by atoms with E-state index in [-0.39, 0.29) is 6.04 Å². The van der Waals surface area contributed by atoms with Crippen LogP contribution in [-0.4, -0.2) is 0 Å². The zero-order chi connectivity index (χ0) is 12.4. The Labute approximate surface area is 115 Å². The number of hydrogen-bond donors (Lipinski definition) is 1. The van der Waals surface area contributed by atoms with Gasteiger partial charge in [-0.1, -0.05) is 18.2 Å². The maximum atomic E-state index is 6.33. The van der Waals surface area contributed by atoms with Crippen LogP contribution in [0.1, 0.15) is 23.6 Å². The first kappa shape index (κ1) is 11.9. The van der Waals surface area contributed by atoms with E-state index in [2.05, 4.69) is 46.5 Å². The number of rotatable bonds is 4. The second-order valence-corrected chi connectivity index (χ2v) is 6.16. The van der Waals surface area contributed by atoms with E-state index in [1.807, 2.05) is 0 Å². The third kappa shape index (κ3) is 2.34. The van der Waals surface area contributed by atoms with Crippen molar-refractivity contribution in [2.24, 2.45) is 5.73 Å². The minimum absolute atomic E-state index is 0.140.